The van der Waals surface area contributed by atoms with Crippen LogP contribution in [-0.2, 0) is 9.47 Å². The molecule has 3 aliphatic heterocycles. The lowest BCUT2D eigenvalue weighted by Gasteiger charge is -2.31. The largest absolute Gasteiger partial charge is 0.394 e. The number of rotatable bonds is 5. The predicted octanol–water partition coefficient (Wildman–Crippen LogP) is 0.184. The topological polar surface area (TPSA) is 74.2 Å². The molecule has 3 N–H and O–H groups in total. The van der Waals surface area contributed by atoms with Gasteiger partial charge >= 0.3 is 0 Å². The molecule has 0 saturated carbocycles. The first-order chi connectivity index (χ1) is 10.3. The minimum absolute atomic E-state index is 0. The van der Waals surface area contributed by atoms with Crippen molar-refractivity contribution in [1.82, 2.24) is 10.2 Å². The lowest BCUT2D eigenvalue weighted by molar-refractivity contribution is -0.0229. The Morgan fingerprint density at radius 2 is 1.70 bits per heavy atom. The molecule has 6 nitrogen and oxygen atoms in total. The van der Waals surface area contributed by atoms with Crippen molar-refractivity contribution in [3.63, 3.8) is 0 Å². The SMILES string of the molecule is Cl.Cl.OC[C@@H]1O[C@H](CNC2CCOCC2)[C@H](N2CCCC2)[C@@H]1O. The lowest BCUT2D eigenvalue weighted by atomic mass is 10.0. The summed E-state index contributed by atoms with van der Waals surface area (Å²) in [5.41, 5.74) is 0. The predicted molar refractivity (Wildman–Crippen MR) is 92.7 cm³/mol. The van der Waals surface area contributed by atoms with Gasteiger partial charge in [0.05, 0.1) is 18.8 Å². The zero-order valence-corrected chi connectivity index (χ0v) is 15.1. The molecule has 3 heterocycles. The number of hydrogen-bond donors (Lipinski definition) is 3. The van der Waals surface area contributed by atoms with Gasteiger partial charge in [-0.05, 0) is 38.8 Å². The van der Waals surface area contributed by atoms with Crippen LogP contribution in [0.5, 0.6) is 0 Å². The summed E-state index contributed by atoms with van der Waals surface area (Å²) < 4.78 is 11.3. The third kappa shape index (κ3) is 5.16. The Kier molecular flexibility index (Phi) is 9.63. The van der Waals surface area contributed by atoms with Gasteiger partial charge in [-0.1, -0.05) is 0 Å². The Bertz CT molecular complexity index is 329. The van der Waals surface area contributed by atoms with Gasteiger partial charge in [0, 0.05) is 25.8 Å². The molecule has 0 radical (unpaired) electrons. The average molecular weight is 373 g/mol. The van der Waals surface area contributed by atoms with E-state index in [0.29, 0.717) is 6.04 Å². The van der Waals surface area contributed by atoms with Crippen molar-refractivity contribution in [2.24, 2.45) is 0 Å². The van der Waals surface area contributed by atoms with Gasteiger partial charge in [-0.3, -0.25) is 4.90 Å². The van der Waals surface area contributed by atoms with Crippen molar-refractivity contribution in [3.8, 4) is 0 Å². The summed E-state index contributed by atoms with van der Waals surface area (Å²) in [5, 5.41) is 23.4. The van der Waals surface area contributed by atoms with Crippen LogP contribution in [0, 0.1) is 0 Å². The maximum absolute atomic E-state index is 10.4. The molecule has 0 aromatic rings. The number of halogens is 2. The molecule has 138 valence electrons. The summed E-state index contributed by atoms with van der Waals surface area (Å²) in [4.78, 5) is 2.33. The molecule has 8 heteroatoms. The van der Waals surface area contributed by atoms with Gasteiger partial charge in [0.2, 0.25) is 0 Å². The quantitative estimate of drug-likeness (QED) is 0.639. The van der Waals surface area contributed by atoms with Gasteiger partial charge in [0.15, 0.2) is 0 Å². The van der Waals surface area contributed by atoms with Crippen molar-refractivity contribution in [3.05, 3.63) is 0 Å². The summed E-state index contributed by atoms with van der Waals surface area (Å²) >= 11 is 0. The molecule has 0 amide bonds. The highest BCUT2D eigenvalue weighted by Gasteiger charge is 2.46. The van der Waals surface area contributed by atoms with E-state index in [1.54, 1.807) is 0 Å². The Morgan fingerprint density at radius 3 is 2.30 bits per heavy atom. The van der Waals surface area contributed by atoms with E-state index in [9.17, 15) is 10.2 Å². The van der Waals surface area contributed by atoms with E-state index in [1.165, 1.54) is 12.8 Å². The van der Waals surface area contributed by atoms with Gasteiger partial charge in [-0.15, -0.1) is 24.8 Å². The molecule has 0 aliphatic carbocycles. The van der Waals surface area contributed by atoms with Crippen LogP contribution in [0.3, 0.4) is 0 Å². The average Bonchev–Trinajstić information content (AvgIpc) is 3.13. The summed E-state index contributed by atoms with van der Waals surface area (Å²) in [7, 11) is 0. The standard InChI is InChI=1S/C15H28N2O4.2ClH/c18-10-13-15(19)14(17-5-1-2-6-17)12(21-13)9-16-11-3-7-20-8-4-11;;/h11-16,18-19H,1-10H2;2*1H/t12-,13+,14+,15-;;/m1../s1. The Morgan fingerprint density at radius 1 is 1.04 bits per heavy atom. The Hall–Kier alpha value is 0.340. The van der Waals surface area contributed by atoms with E-state index >= 15 is 0 Å². The molecular formula is C15H30Cl2N2O4. The van der Waals surface area contributed by atoms with Crippen molar-refractivity contribution in [1.29, 1.82) is 0 Å². The third-order valence-corrected chi connectivity index (χ3v) is 5.03. The van der Waals surface area contributed by atoms with E-state index < -0.39 is 12.2 Å². The van der Waals surface area contributed by atoms with Crippen molar-refractivity contribution < 1.29 is 19.7 Å². The molecule has 0 aromatic carbocycles. The number of nitrogens with one attached hydrogen (secondary N) is 1. The van der Waals surface area contributed by atoms with Crippen molar-refractivity contribution >= 4 is 24.8 Å². The lowest BCUT2D eigenvalue weighted by Crippen LogP contribution is -2.51. The Labute approximate surface area is 150 Å². The normalized spacial score (nSPS) is 35.7. The fourth-order valence-electron chi connectivity index (χ4n) is 3.82. The summed E-state index contributed by atoms with van der Waals surface area (Å²) in [6.45, 7) is 4.31. The van der Waals surface area contributed by atoms with Gasteiger partial charge in [0.25, 0.3) is 0 Å². The van der Waals surface area contributed by atoms with Crippen LogP contribution < -0.4 is 5.32 Å². The second-order valence-corrected chi connectivity index (χ2v) is 6.41. The van der Waals surface area contributed by atoms with Gasteiger partial charge < -0.3 is 25.0 Å². The zero-order valence-electron chi connectivity index (χ0n) is 13.4. The van der Waals surface area contributed by atoms with Crippen LogP contribution >= 0.6 is 24.8 Å². The second kappa shape index (κ2) is 10.4. The molecule has 0 aromatic heterocycles. The highest BCUT2D eigenvalue weighted by Crippen LogP contribution is 2.28. The molecule has 3 fully saturated rings. The number of hydrogen-bond acceptors (Lipinski definition) is 6. The highest BCUT2D eigenvalue weighted by atomic mass is 35.5. The minimum atomic E-state index is -0.588. The van der Waals surface area contributed by atoms with Crippen LogP contribution in [0.15, 0.2) is 0 Å². The van der Waals surface area contributed by atoms with Gasteiger partial charge in [0.1, 0.15) is 12.2 Å². The van der Waals surface area contributed by atoms with Crippen LogP contribution in [0.2, 0.25) is 0 Å². The van der Waals surface area contributed by atoms with Gasteiger partial charge in [-0.25, -0.2) is 0 Å². The molecule has 3 aliphatic rings. The van der Waals surface area contributed by atoms with Crippen LogP contribution in [-0.4, -0.2) is 85.0 Å². The summed E-state index contributed by atoms with van der Waals surface area (Å²) in [6.07, 6.45) is 3.37. The van der Waals surface area contributed by atoms with Crippen molar-refractivity contribution in [2.75, 3.05) is 39.5 Å². The molecular weight excluding hydrogens is 343 g/mol. The smallest absolute Gasteiger partial charge is 0.109 e. The monoisotopic (exact) mass is 372 g/mol. The second-order valence-electron chi connectivity index (χ2n) is 6.41. The number of aliphatic hydroxyl groups excluding tert-OH is 2. The van der Waals surface area contributed by atoms with E-state index in [0.717, 1.165) is 45.7 Å². The van der Waals surface area contributed by atoms with Crippen LogP contribution in [0.4, 0.5) is 0 Å². The minimum Gasteiger partial charge on any atom is -0.394 e. The van der Waals surface area contributed by atoms with E-state index in [4.69, 9.17) is 9.47 Å². The van der Waals surface area contributed by atoms with Crippen LogP contribution in [0.25, 0.3) is 0 Å². The first kappa shape index (κ1) is 21.4. The molecule has 23 heavy (non-hydrogen) atoms. The maximum Gasteiger partial charge on any atom is 0.109 e. The van der Waals surface area contributed by atoms with Crippen LogP contribution in [0.1, 0.15) is 25.7 Å². The molecule has 0 spiro atoms. The third-order valence-electron chi connectivity index (χ3n) is 5.03. The summed E-state index contributed by atoms with van der Waals surface area (Å²) in [6, 6.07) is 0.490. The molecule has 0 bridgehead atoms. The first-order valence-corrected chi connectivity index (χ1v) is 8.29. The number of aliphatic hydroxyl groups is 2. The first-order valence-electron chi connectivity index (χ1n) is 8.29. The van der Waals surface area contributed by atoms with E-state index in [2.05, 4.69) is 10.2 Å². The molecule has 3 saturated heterocycles. The fourth-order valence-corrected chi connectivity index (χ4v) is 3.82. The van der Waals surface area contributed by atoms with Crippen molar-refractivity contribution in [2.45, 2.75) is 56.1 Å². The van der Waals surface area contributed by atoms with Gasteiger partial charge in [-0.2, -0.15) is 0 Å². The number of likely N-dealkylation sites (tertiary alicyclic amines) is 1. The molecule has 4 atom stereocenters. The van der Waals surface area contributed by atoms with E-state index in [-0.39, 0.29) is 43.6 Å². The maximum atomic E-state index is 10.4. The fraction of sp³-hybridized carbons (Fsp3) is 1.00. The molecule has 3 rings (SSSR count). The summed E-state index contributed by atoms with van der Waals surface area (Å²) in [5.74, 6) is 0. The number of ether oxygens (including phenoxy) is 2. The molecule has 0 unspecified atom stereocenters. The highest BCUT2D eigenvalue weighted by molar-refractivity contribution is 5.85. The number of nitrogens with zero attached hydrogens (tertiary/aromatic N) is 1. The zero-order chi connectivity index (χ0) is 14.7. The Balaban J connectivity index is 0.00000132. The van der Waals surface area contributed by atoms with E-state index in [1.807, 2.05) is 0 Å².